The Bertz CT molecular complexity index is 882. The van der Waals surface area contributed by atoms with E-state index in [1.165, 1.54) is 11.3 Å². The second-order valence-electron chi connectivity index (χ2n) is 5.43. The molecule has 0 radical (unpaired) electrons. The topological polar surface area (TPSA) is 79.2 Å². The van der Waals surface area contributed by atoms with Crippen molar-refractivity contribution in [2.75, 3.05) is 0 Å². The zero-order chi connectivity index (χ0) is 16.5. The van der Waals surface area contributed by atoms with E-state index in [4.69, 9.17) is 8.83 Å². The predicted octanol–water partition coefficient (Wildman–Crippen LogP) is 3.57. The third kappa shape index (κ3) is 2.38. The molecular formula is C18H14N2O4. The predicted molar refractivity (Wildman–Crippen MR) is 85.6 cm³/mol. The highest BCUT2D eigenvalue weighted by Gasteiger charge is 2.36. The number of hydrogen-bond acceptors (Lipinski definition) is 5. The third-order valence-corrected chi connectivity index (χ3v) is 3.95. The lowest BCUT2D eigenvalue weighted by Gasteiger charge is -2.21. The van der Waals surface area contributed by atoms with Crippen LogP contribution in [0.2, 0.25) is 0 Å². The van der Waals surface area contributed by atoms with Crippen LogP contribution in [-0.4, -0.2) is 21.7 Å². The van der Waals surface area contributed by atoms with Crippen molar-refractivity contribution >= 4 is 11.6 Å². The molecule has 120 valence electrons. The highest BCUT2D eigenvalue weighted by Crippen LogP contribution is 2.37. The van der Waals surface area contributed by atoms with E-state index in [1.54, 1.807) is 48.7 Å². The molecule has 6 nitrogen and oxygen atoms in total. The average molecular weight is 322 g/mol. The van der Waals surface area contributed by atoms with Gasteiger partial charge < -0.3 is 13.9 Å². The highest BCUT2D eigenvalue weighted by atomic mass is 16.3. The molecule has 1 aromatic carbocycles. The van der Waals surface area contributed by atoms with Gasteiger partial charge in [-0.05, 0) is 30.3 Å². The number of hydrazone groups is 1. The number of benzene rings is 1. The largest absolute Gasteiger partial charge is 0.508 e. The third-order valence-electron chi connectivity index (χ3n) is 3.95. The Labute approximate surface area is 137 Å². The number of para-hydroxylation sites is 1. The van der Waals surface area contributed by atoms with Crippen molar-refractivity contribution in [3.63, 3.8) is 0 Å². The fourth-order valence-electron chi connectivity index (χ4n) is 2.81. The molecule has 0 saturated carbocycles. The van der Waals surface area contributed by atoms with Gasteiger partial charge in [-0.15, -0.1) is 0 Å². The first-order chi connectivity index (χ1) is 11.7. The zero-order valence-corrected chi connectivity index (χ0v) is 12.6. The van der Waals surface area contributed by atoms with Gasteiger partial charge in [0.05, 0.1) is 18.6 Å². The van der Waals surface area contributed by atoms with Gasteiger partial charge in [0, 0.05) is 12.0 Å². The standard InChI is InChI=1S/C18H14N2O4/c21-15-6-2-1-5-12(15)14-11-13(16-7-3-9-23-16)19-20(14)18(22)17-8-4-10-24-17/h1-10,14,21H,11H2/t14-/m1/s1. The van der Waals surface area contributed by atoms with Crippen LogP contribution in [0, 0.1) is 0 Å². The molecule has 0 saturated heterocycles. The molecule has 0 bridgehead atoms. The fraction of sp³-hybridized carbons (Fsp3) is 0.111. The van der Waals surface area contributed by atoms with Crippen molar-refractivity contribution in [2.24, 2.45) is 5.10 Å². The summed E-state index contributed by atoms with van der Waals surface area (Å²) in [4.78, 5) is 12.7. The summed E-state index contributed by atoms with van der Waals surface area (Å²) in [5, 5.41) is 15.9. The highest BCUT2D eigenvalue weighted by molar-refractivity contribution is 6.02. The molecule has 0 unspecified atom stereocenters. The Morgan fingerprint density at radius 3 is 2.58 bits per heavy atom. The van der Waals surface area contributed by atoms with Crippen LogP contribution in [0.25, 0.3) is 0 Å². The molecule has 1 aliphatic heterocycles. The number of rotatable bonds is 3. The molecule has 3 heterocycles. The summed E-state index contributed by atoms with van der Waals surface area (Å²) >= 11 is 0. The van der Waals surface area contributed by atoms with Crippen LogP contribution in [0.4, 0.5) is 0 Å². The van der Waals surface area contributed by atoms with Crippen LogP contribution >= 0.6 is 0 Å². The van der Waals surface area contributed by atoms with Crippen molar-refractivity contribution in [3.8, 4) is 5.75 Å². The minimum absolute atomic E-state index is 0.121. The first-order valence-corrected chi connectivity index (χ1v) is 7.50. The Balaban J connectivity index is 1.75. The molecule has 1 amide bonds. The van der Waals surface area contributed by atoms with Gasteiger partial charge in [-0.3, -0.25) is 4.79 Å². The Kier molecular flexibility index (Phi) is 3.42. The van der Waals surface area contributed by atoms with Crippen molar-refractivity contribution in [1.82, 2.24) is 5.01 Å². The van der Waals surface area contributed by atoms with Gasteiger partial charge in [0.1, 0.15) is 17.2 Å². The summed E-state index contributed by atoms with van der Waals surface area (Å²) in [6, 6.07) is 13.3. The molecule has 1 aliphatic rings. The summed E-state index contributed by atoms with van der Waals surface area (Å²) < 4.78 is 10.6. The van der Waals surface area contributed by atoms with Crippen LogP contribution in [0.3, 0.4) is 0 Å². The first-order valence-electron chi connectivity index (χ1n) is 7.50. The maximum absolute atomic E-state index is 12.7. The molecule has 0 fully saturated rings. The second kappa shape index (κ2) is 5.73. The molecule has 1 N–H and O–H groups in total. The summed E-state index contributed by atoms with van der Waals surface area (Å²) in [6.45, 7) is 0. The Morgan fingerprint density at radius 2 is 1.88 bits per heavy atom. The Hall–Kier alpha value is -3.28. The van der Waals surface area contributed by atoms with E-state index in [2.05, 4.69) is 5.10 Å². The molecule has 1 atom stereocenters. The molecule has 2 aromatic heterocycles. The molecule has 24 heavy (non-hydrogen) atoms. The number of carbonyl (C=O) groups is 1. The van der Waals surface area contributed by atoms with Gasteiger partial charge in [0.2, 0.25) is 0 Å². The average Bonchev–Trinajstić information content (AvgIpc) is 3.34. The SMILES string of the molecule is O=C(c1ccco1)N1N=C(c2ccco2)C[C@@H]1c1ccccc1O. The number of hydrogen-bond donors (Lipinski definition) is 1. The number of carbonyl (C=O) groups excluding carboxylic acids is 1. The molecule has 3 aromatic rings. The number of phenols is 1. The molecule has 4 rings (SSSR count). The lowest BCUT2D eigenvalue weighted by Crippen LogP contribution is -2.26. The van der Waals surface area contributed by atoms with Crippen molar-refractivity contribution in [3.05, 3.63) is 78.1 Å². The quantitative estimate of drug-likeness (QED) is 0.799. The van der Waals surface area contributed by atoms with Crippen LogP contribution in [0.15, 0.2) is 75.0 Å². The second-order valence-corrected chi connectivity index (χ2v) is 5.43. The van der Waals surface area contributed by atoms with E-state index in [-0.39, 0.29) is 17.4 Å². The van der Waals surface area contributed by atoms with Gasteiger partial charge >= 0.3 is 5.91 Å². The van der Waals surface area contributed by atoms with Gasteiger partial charge in [0.25, 0.3) is 0 Å². The molecular weight excluding hydrogens is 308 g/mol. The molecule has 0 aliphatic carbocycles. The lowest BCUT2D eigenvalue weighted by molar-refractivity contribution is 0.0677. The molecule has 0 spiro atoms. The van der Waals surface area contributed by atoms with Crippen LogP contribution in [-0.2, 0) is 0 Å². The summed E-state index contributed by atoms with van der Waals surface area (Å²) in [7, 11) is 0. The summed E-state index contributed by atoms with van der Waals surface area (Å²) in [5.74, 6) is 0.551. The van der Waals surface area contributed by atoms with Crippen molar-refractivity contribution < 1.29 is 18.7 Å². The van der Waals surface area contributed by atoms with E-state index in [1.807, 2.05) is 6.07 Å². The van der Waals surface area contributed by atoms with E-state index in [0.29, 0.717) is 23.5 Å². The monoisotopic (exact) mass is 322 g/mol. The van der Waals surface area contributed by atoms with Crippen LogP contribution < -0.4 is 0 Å². The lowest BCUT2D eigenvalue weighted by atomic mass is 10.00. The summed E-state index contributed by atoms with van der Waals surface area (Å²) in [5.41, 5.74) is 1.27. The van der Waals surface area contributed by atoms with Gasteiger partial charge in [-0.25, -0.2) is 5.01 Å². The smallest absolute Gasteiger partial charge is 0.310 e. The normalized spacial score (nSPS) is 17.1. The first kappa shape index (κ1) is 14.3. The number of aromatic hydroxyl groups is 1. The minimum Gasteiger partial charge on any atom is -0.508 e. The molecule has 6 heteroatoms. The maximum atomic E-state index is 12.7. The fourth-order valence-corrected chi connectivity index (χ4v) is 2.81. The van der Waals surface area contributed by atoms with Crippen LogP contribution in [0.1, 0.15) is 34.3 Å². The number of furan rings is 2. The maximum Gasteiger partial charge on any atom is 0.310 e. The Morgan fingerprint density at radius 1 is 1.08 bits per heavy atom. The summed E-state index contributed by atoms with van der Waals surface area (Å²) in [6.07, 6.45) is 3.44. The number of nitrogens with zero attached hydrogens (tertiary/aromatic N) is 2. The van der Waals surface area contributed by atoms with E-state index in [0.717, 1.165) is 0 Å². The zero-order valence-electron chi connectivity index (χ0n) is 12.6. The van der Waals surface area contributed by atoms with Crippen molar-refractivity contribution in [1.29, 1.82) is 0 Å². The van der Waals surface area contributed by atoms with E-state index in [9.17, 15) is 9.90 Å². The van der Waals surface area contributed by atoms with E-state index >= 15 is 0 Å². The number of phenolic OH excluding ortho intramolecular Hbond substituents is 1. The van der Waals surface area contributed by atoms with Gasteiger partial charge in [0.15, 0.2) is 5.76 Å². The van der Waals surface area contributed by atoms with E-state index < -0.39 is 6.04 Å². The van der Waals surface area contributed by atoms with Crippen LogP contribution in [0.5, 0.6) is 5.75 Å². The van der Waals surface area contributed by atoms with Gasteiger partial charge in [-0.1, -0.05) is 18.2 Å². The van der Waals surface area contributed by atoms with Gasteiger partial charge in [-0.2, -0.15) is 5.10 Å². The van der Waals surface area contributed by atoms with Crippen molar-refractivity contribution in [2.45, 2.75) is 12.5 Å². The minimum atomic E-state index is -0.427. The number of amides is 1.